The Hall–Kier alpha value is -1.63. The Morgan fingerprint density at radius 2 is 1.89 bits per heavy atom. The Balaban J connectivity index is 1.83. The fraction of sp³-hybridized carbons (Fsp3) is 0.600. The second-order valence-electron chi connectivity index (χ2n) is 7.08. The Kier molecular flexibility index (Phi) is 9.04. The SMILES string of the molecule is CCC(C)C(NC(=O)c1ccc(Cl)cc1)C(=O)NCCCN1CCNCC1. The highest BCUT2D eigenvalue weighted by atomic mass is 35.5. The number of rotatable bonds is 9. The molecule has 1 aliphatic rings. The van der Waals surface area contributed by atoms with Crippen LogP contribution in [0.4, 0.5) is 0 Å². The van der Waals surface area contributed by atoms with Gasteiger partial charge in [0.1, 0.15) is 6.04 Å². The summed E-state index contributed by atoms with van der Waals surface area (Å²) >= 11 is 5.87. The molecule has 7 heteroatoms. The maximum atomic E-state index is 12.6. The lowest BCUT2D eigenvalue weighted by Crippen LogP contribution is -2.50. The average molecular weight is 395 g/mol. The van der Waals surface area contributed by atoms with Crippen LogP contribution >= 0.6 is 11.6 Å². The molecule has 1 heterocycles. The Morgan fingerprint density at radius 3 is 2.52 bits per heavy atom. The standard InChI is InChI=1S/C20H31ClN4O2/c1-3-15(2)18(24-19(26)16-5-7-17(21)8-6-16)20(27)23-9-4-12-25-13-10-22-11-14-25/h5-8,15,18,22H,3-4,9-14H2,1-2H3,(H,23,27)(H,24,26). The molecule has 6 nitrogen and oxygen atoms in total. The molecule has 0 bridgehead atoms. The van der Waals surface area contributed by atoms with Crippen molar-refractivity contribution in [2.75, 3.05) is 39.3 Å². The summed E-state index contributed by atoms with van der Waals surface area (Å²) in [4.78, 5) is 27.5. The smallest absolute Gasteiger partial charge is 0.251 e. The minimum absolute atomic E-state index is 0.0504. The lowest BCUT2D eigenvalue weighted by atomic mass is 9.97. The molecule has 27 heavy (non-hydrogen) atoms. The van der Waals surface area contributed by atoms with Crippen molar-refractivity contribution < 1.29 is 9.59 Å². The van der Waals surface area contributed by atoms with Gasteiger partial charge in [-0.25, -0.2) is 0 Å². The molecule has 2 unspecified atom stereocenters. The highest BCUT2D eigenvalue weighted by Gasteiger charge is 2.26. The summed E-state index contributed by atoms with van der Waals surface area (Å²) in [5.74, 6) is -0.325. The molecule has 0 radical (unpaired) electrons. The topological polar surface area (TPSA) is 73.5 Å². The molecule has 1 aromatic rings. The fourth-order valence-corrected chi connectivity index (χ4v) is 3.21. The first-order valence-corrected chi connectivity index (χ1v) is 10.2. The first-order chi connectivity index (χ1) is 13.0. The summed E-state index contributed by atoms with van der Waals surface area (Å²) in [5.41, 5.74) is 0.499. The van der Waals surface area contributed by atoms with Crippen molar-refractivity contribution in [1.29, 1.82) is 0 Å². The Bertz CT molecular complexity index is 603. The van der Waals surface area contributed by atoms with Crippen LogP contribution in [0.1, 0.15) is 37.0 Å². The second kappa shape index (κ2) is 11.3. The molecule has 0 saturated carbocycles. The van der Waals surface area contributed by atoms with E-state index in [1.54, 1.807) is 24.3 Å². The van der Waals surface area contributed by atoms with E-state index in [1.807, 2.05) is 13.8 Å². The zero-order valence-corrected chi connectivity index (χ0v) is 17.0. The van der Waals surface area contributed by atoms with E-state index in [1.165, 1.54) is 0 Å². The molecule has 1 saturated heterocycles. The third-order valence-corrected chi connectivity index (χ3v) is 5.30. The van der Waals surface area contributed by atoms with Crippen molar-refractivity contribution in [2.24, 2.45) is 5.92 Å². The summed E-state index contributed by atoms with van der Waals surface area (Å²) in [5, 5.41) is 9.78. The number of halogens is 1. The van der Waals surface area contributed by atoms with E-state index in [9.17, 15) is 9.59 Å². The third-order valence-electron chi connectivity index (χ3n) is 5.05. The van der Waals surface area contributed by atoms with Crippen molar-refractivity contribution in [2.45, 2.75) is 32.7 Å². The molecule has 1 fully saturated rings. The number of nitrogens with zero attached hydrogens (tertiary/aromatic N) is 1. The van der Waals surface area contributed by atoms with Crippen LogP contribution in [0.5, 0.6) is 0 Å². The van der Waals surface area contributed by atoms with Gasteiger partial charge in [0, 0.05) is 43.3 Å². The second-order valence-corrected chi connectivity index (χ2v) is 7.52. The molecule has 2 atom stereocenters. The van der Waals surface area contributed by atoms with Crippen LogP contribution in [-0.2, 0) is 4.79 Å². The number of carbonyl (C=O) groups excluding carboxylic acids is 2. The van der Waals surface area contributed by atoms with E-state index >= 15 is 0 Å². The zero-order chi connectivity index (χ0) is 19.6. The predicted octanol–water partition coefficient (Wildman–Crippen LogP) is 1.90. The maximum absolute atomic E-state index is 12.6. The van der Waals surface area contributed by atoms with Gasteiger partial charge in [-0.3, -0.25) is 9.59 Å². The molecule has 0 spiro atoms. The van der Waals surface area contributed by atoms with Crippen LogP contribution in [-0.4, -0.2) is 62.0 Å². The predicted molar refractivity (Wildman–Crippen MR) is 109 cm³/mol. The molecule has 1 aliphatic heterocycles. The van der Waals surface area contributed by atoms with E-state index in [-0.39, 0.29) is 17.7 Å². The molecule has 0 aromatic heterocycles. The highest BCUT2D eigenvalue weighted by molar-refractivity contribution is 6.30. The Morgan fingerprint density at radius 1 is 1.22 bits per heavy atom. The van der Waals surface area contributed by atoms with Crippen molar-refractivity contribution in [3.05, 3.63) is 34.9 Å². The number of amides is 2. The van der Waals surface area contributed by atoms with Gasteiger partial charge in [-0.05, 0) is 43.1 Å². The van der Waals surface area contributed by atoms with Crippen LogP contribution in [0.15, 0.2) is 24.3 Å². The molecule has 150 valence electrons. The maximum Gasteiger partial charge on any atom is 0.251 e. The summed E-state index contributed by atoms with van der Waals surface area (Å²) in [6.07, 6.45) is 1.71. The summed E-state index contributed by atoms with van der Waals surface area (Å²) in [6, 6.07) is 6.13. The minimum atomic E-state index is -0.544. The van der Waals surface area contributed by atoms with Crippen LogP contribution < -0.4 is 16.0 Å². The summed E-state index contributed by atoms with van der Waals surface area (Å²) < 4.78 is 0. The first kappa shape index (κ1) is 21.7. The number of hydrogen-bond acceptors (Lipinski definition) is 4. The van der Waals surface area contributed by atoms with E-state index in [2.05, 4.69) is 20.9 Å². The van der Waals surface area contributed by atoms with Crippen molar-refractivity contribution in [3.8, 4) is 0 Å². The van der Waals surface area contributed by atoms with Crippen LogP contribution in [0.3, 0.4) is 0 Å². The number of piperazine rings is 1. The molecular formula is C20H31ClN4O2. The molecule has 0 aliphatic carbocycles. The van der Waals surface area contributed by atoms with Gasteiger partial charge in [0.25, 0.3) is 5.91 Å². The van der Waals surface area contributed by atoms with Crippen LogP contribution in [0, 0.1) is 5.92 Å². The van der Waals surface area contributed by atoms with Gasteiger partial charge in [-0.1, -0.05) is 31.9 Å². The van der Waals surface area contributed by atoms with Gasteiger partial charge in [-0.2, -0.15) is 0 Å². The van der Waals surface area contributed by atoms with E-state index in [4.69, 9.17) is 11.6 Å². The number of benzene rings is 1. The average Bonchev–Trinajstić information content (AvgIpc) is 2.69. The zero-order valence-electron chi connectivity index (χ0n) is 16.3. The molecule has 1 aromatic carbocycles. The molecule has 3 N–H and O–H groups in total. The fourth-order valence-electron chi connectivity index (χ4n) is 3.09. The highest BCUT2D eigenvalue weighted by Crippen LogP contribution is 2.12. The first-order valence-electron chi connectivity index (χ1n) is 9.78. The van der Waals surface area contributed by atoms with Gasteiger partial charge in [0.05, 0.1) is 0 Å². The lowest BCUT2D eigenvalue weighted by Gasteiger charge is -2.27. The molecule has 2 amide bonds. The number of hydrogen-bond donors (Lipinski definition) is 3. The van der Waals surface area contributed by atoms with Gasteiger partial charge < -0.3 is 20.9 Å². The number of nitrogens with one attached hydrogen (secondary N) is 3. The van der Waals surface area contributed by atoms with Crippen molar-refractivity contribution >= 4 is 23.4 Å². The molecule has 2 rings (SSSR count). The van der Waals surface area contributed by atoms with E-state index in [0.717, 1.165) is 45.6 Å². The van der Waals surface area contributed by atoms with Crippen LogP contribution in [0.25, 0.3) is 0 Å². The van der Waals surface area contributed by atoms with Gasteiger partial charge in [-0.15, -0.1) is 0 Å². The number of carbonyl (C=O) groups is 2. The van der Waals surface area contributed by atoms with Gasteiger partial charge >= 0.3 is 0 Å². The van der Waals surface area contributed by atoms with Gasteiger partial charge in [0.2, 0.25) is 5.91 Å². The van der Waals surface area contributed by atoms with E-state index in [0.29, 0.717) is 17.1 Å². The summed E-state index contributed by atoms with van der Waals surface area (Å²) in [6.45, 7) is 9.76. The minimum Gasteiger partial charge on any atom is -0.354 e. The normalized spacial score (nSPS) is 17.1. The molecular weight excluding hydrogens is 364 g/mol. The van der Waals surface area contributed by atoms with E-state index < -0.39 is 6.04 Å². The quantitative estimate of drug-likeness (QED) is 0.559. The van der Waals surface area contributed by atoms with Crippen molar-refractivity contribution in [1.82, 2.24) is 20.9 Å². The monoisotopic (exact) mass is 394 g/mol. The third kappa shape index (κ3) is 7.13. The van der Waals surface area contributed by atoms with Gasteiger partial charge in [0.15, 0.2) is 0 Å². The Labute approximate surface area is 167 Å². The van der Waals surface area contributed by atoms with Crippen molar-refractivity contribution in [3.63, 3.8) is 0 Å². The lowest BCUT2D eigenvalue weighted by molar-refractivity contribution is -0.124. The summed E-state index contributed by atoms with van der Waals surface area (Å²) in [7, 11) is 0. The van der Waals surface area contributed by atoms with Crippen LogP contribution in [0.2, 0.25) is 5.02 Å². The largest absolute Gasteiger partial charge is 0.354 e.